The van der Waals surface area contributed by atoms with Gasteiger partial charge < -0.3 is 4.74 Å². The summed E-state index contributed by atoms with van der Waals surface area (Å²) in [5.74, 6) is -0.166. The summed E-state index contributed by atoms with van der Waals surface area (Å²) >= 11 is 0. The second-order valence-electron chi connectivity index (χ2n) is 6.77. The second-order valence-corrected chi connectivity index (χ2v) is 8.38. The van der Waals surface area contributed by atoms with Crippen LogP contribution in [0.5, 0.6) is 0 Å². The van der Waals surface area contributed by atoms with Crippen molar-refractivity contribution in [2.45, 2.75) is 38.2 Å². The fourth-order valence-corrected chi connectivity index (χ4v) is 3.50. The van der Waals surface area contributed by atoms with E-state index in [1.54, 1.807) is 13.8 Å². The minimum Gasteiger partial charge on any atom is -0.477 e. The first-order valence-corrected chi connectivity index (χ1v) is 10.6. The minimum absolute atomic E-state index is 0.107. The van der Waals surface area contributed by atoms with Gasteiger partial charge in [-0.2, -0.15) is 8.42 Å². The van der Waals surface area contributed by atoms with E-state index in [9.17, 15) is 18.5 Å². The highest BCUT2D eigenvalue weighted by molar-refractivity contribution is 7.90. The smallest absolute Gasteiger partial charge is 0.285 e. The number of allylic oxidation sites excluding steroid dienone is 1. The molecule has 29 heavy (non-hydrogen) atoms. The van der Waals surface area contributed by atoms with Gasteiger partial charge in [-0.25, -0.2) is 0 Å². The van der Waals surface area contributed by atoms with Crippen molar-refractivity contribution in [3.05, 3.63) is 76.4 Å². The van der Waals surface area contributed by atoms with Crippen molar-refractivity contribution in [3.63, 3.8) is 0 Å². The third-order valence-corrected chi connectivity index (χ3v) is 5.22. The molecule has 0 aliphatic heterocycles. The maximum Gasteiger partial charge on any atom is 0.285 e. The molecule has 0 aromatic heterocycles. The zero-order valence-corrected chi connectivity index (χ0v) is 17.4. The largest absolute Gasteiger partial charge is 0.477 e. The molecule has 0 bridgehead atoms. The SMILES string of the molecule is CC(C)O/C(=N\S(=O)(=O)c1ccc([N+](=O)[O-])cc1)C(C)C/C=C/c1ccccc1. The lowest BCUT2D eigenvalue weighted by molar-refractivity contribution is -0.384. The molecular formula is C21H24N2O5S. The van der Waals surface area contributed by atoms with Gasteiger partial charge in [0, 0.05) is 18.1 Å². The summed E-state index contributed by atoms with van der Waals surface area (Å²) in [5, 5.41) is 10.8. The molecule has 0 fully saturated rings. The molecular weight excluding hydrogens is 392 g/mol. The molecule has 0 saturated carbocycles. The van der Waals surface area contributed by atoms with E-state index in [4.69, 9.17) is 4.74 Å². The van der Waals surface area contributed by atoms with Crippen LogP contribution in [-0.2, 0) is 14.8 Å². The van der Waals surface area contributed by atoms with Crippen LogP contribution < -0.4 is 0 Å². The average molecular weight is 416 g/mol. The number of sulfonamides is 1. The van der Waals surface area contributed by atoms with E-state index in [-0.39, 0.29) is 28.5 Å². The Morgan fingerprint density at radius 2 is 1.72 bits per heavy atom. The van der Waals surface area contributed by atoms with Crippen molar-refractivity contribution >= 4 is 27.7 Å². The van der Waals surface area contributed by atoms with Gasteiger partial charge in [0.05, 0.1) is 15.9 Å². The molecule has 154 valence electrons. The highest BCUT2D eigenvalue weighted by atomic mass is 32.2. The summed E-state index contributed by atoms with van der Waals surface area (Å²) in [7, 11) is -4.05. The van der Waals surface area contributed by atoms with Gasteiger partial charge in [0.25, 0.3) is 15.7 Å². The van der Waals surface area contributed by atoms with Crippen LogP contribution in [0, 0.1) is 16.0 Å². The number of ether oxygens (including phenoxy) is 1. The molecule has 1 atom stereocenters. The van der Waals surface area contributed by atoms with Gasteiger partial charge in [0.15, 0.2) is 0 Å². The van der Waals surface area contributed by atoms with Crippen LogP contribution in [0.25, 0.3) is 6.08 Å². The monoisotopic (exact) mass is 416 g/mol. The van der Waals surface area contributed by atoms with Gasteiger partial charge in [0.1, 0.15) is 0 Å². The zero-order valence-electron chi connectivity index (χ0n) is 16.6. The van der Waals surface area contributed by atoms with Crippen LogP contribution in [0.3, 0.4) is 0 Å². The van der Waals surface area contributed by atoms with E-state index in [1.807, 2.05) is 49.4 Å². The second kappa shape index (κ2) is 9.97. The summed E-state index contributed by atoms with van der Waals surface area (Å²) in [4.78, 5) is 10.0. The van der Waals surface area contributed by atoms with Crippen LogP contribution in [0.15, 0.2) is 70.0 Å². The maximum atomic E-state index is 12.6. The Bertz CT molecular complexity index is 981. The highest BCUT2D eigenvalue weighted by Gasteiger charge is 2.21. The molecule has 0 spiro atoms. The number of nitrogens with zero attached hydrogens (tertiary/aromatic N) is 2. The lowest BCUT2D eigenvalue weighted by atomic mass is 10.1. The molecule has 0 aliphatic carbocycles. The molecule has 2 aromatic carbocycles. The predicted octanol–water partition coefficient (Wildman–Crippen LogP) is 4.85. The fourth-order valence-electron chi connectivity index (χ4n) is 2.45. The van der Waals surface area contributed by atoms with Crippen LogP contribution >= 0.6 is 0 Å². The maximum absolute atomic E-state index is 12.6. The topological polar surface area (TPSA) is 98.9 Å². The molecule has 7 nitrogen and oxygen atoms in total. The summed E-state index contributed by atoms with van der Waals surface area (Å²) < 4.78 is 34.8. The first-order valence-electron chi connectivity index (χ1n) is 9.16. The summed E-state index contributed by atoms with van der Waals surface area (Å²) in [6, 6.07) is 14.4. The molecule has 0 heterocycles. The third-order valence-electron chi connectivity index (χ3n) is 3.93. The normalized spacial score (nSPS) is 13.6. The number of non-ortho nitro benzene ring substituents is 1. The van der Waals surface area contributed by atoms with Gasteiger partial charge in [-0.1, -0.05) is 49.4 Å². The van der Waals surface area contributed by atoms with Crippen molar-refractivity contribution in [1.29, 1.82) is 0 Å². The van der Waals surface area contributed by atoms with Gasteiger partial charge in [-0.15, -0.1) is 4.40 Å². The van der Waals surface area contributed by atoms with Crippen LogP contribution in [-0.4, -0.2) is 25.3 Å². The third kappa shape index (κ3) is 6.83. The molecule has 0 aliphatic rings. The summed E-state index contributed by atoms with van der Waals surface area (Å²) in [6.07, 6.45) is 4.18. The van der Waals surface area contributed by atoms with E-state index in [0.717, 1.165) is 17.7 Å². The quantitative estimate of drug-likeness (QED) is 0.265. The van der Waals surface area contributed by atoms with E-state index < -0.39 is 14.9 Å². The number of nitro groups is 1. The van der Waals surface area contributed by atoms with Gasteiger partial charge in [-0.05, 0) is 38.0 Å². The first kappa shape index (κ1) is 22.3. The Labute approximate surface area is 171 Å². The molecule has 8 heteroatoms. The van der Waals surface area contributed by atoms with E-state index in [1.165, 1.54) is 12.1 Å². The molecule has 0 saturated heterocycles. The standard InChI is InChI=1S/C21H24N2O5S/c1-16(2)28-21(17(3)8-7-11-18-9-5-4-6-10-18)22-29(26,27)20-14-12-19(13-15-20)23(24)25/h4-7,9-17H,8H2,1-3H3/b11-7+,22-21-. The Morgan fingerprint density at radius 3 is 2.28 bits per heavy atom. The van der Waals surface area contributed by atoms with Gasteiger partial charge >= 0.3 is 0 Å². The van der Waals surface area contributed by atoms with Crippen molar-refractivity contribution in [1.82, 2.24) is 0 Å². The molecule has 0 radical (unpaired) electrons. The first-order chi connectivity index (χ1) is 13.7. The number of rotatable bonds is 8. The predicted molar refractivity (Wildman–Crippen MR) is 113 cm³/mol. The van der Waals surface area contributed by atoms with E-state index in [2.05, 4.69) is 4.40 Å². The number of benzene rings is 2. The Morgan fingerprint density at radius 1 is 1.10 bits per heavy atom. The average Bonchev–Trinajstić information content (AvgIpc) is 2.67. The molecule has 0 N–H and O–H groups in total. The van der Waals surface area contributed by atoms with Crippen LogP contribution in [0.2, 0.25) is 0 Å². The van der Waals surface area contributed by atoms with Crippen molar-refractivity contribution in [2.75, 3.05) is 0 Å². The Kier molecular flexibility index (Phi) is 7.67. The molecule has 0 amide bonds. The fraction of sp³-hybridized carbons (Fsp3) is 0.286. The van der Waals surface area contributed by atoms with Crippen molar-refractivity contribution in [2.24, 2.45) is 10.3 Å². The Balaban J connectivity index is 2.23. The minimum atomic E-state index is -4.05. The molecule has 2 rings (SSSR count). The number of nitro benzene ring substituents is 1. The molecule has 2 aromatic rings. The van der Waals surface area contributed by atoms with E-state index in [0.29, 0.717) is 6.42 Å². The Hall–Kier alpha value is -3.00. The van der Waals surface area contributed by atoms with Crippen LogP contribution in [0.4, 0.5) is 5.69 Å². The van der Waals surface area contributed by atoms with Gasteiger partial charge in [-0.3, -0.25) is 10.1 Å². The molecule has 1 unspecified atom stereocenters. The zero-order chi connectivity index (χ0) is 21.4. The van der Waals surface area contributed by atoms with Crippen molar-refractivity contribution in [3.8, 4) is 0 Å². The summed E-state index contributed by atoms with van der Waals surface area (Å²) in [5.41, 5.74) is 0.854. The lowest BCUT2D eigenvalue weighted by Gasteiger charge is -2.17. The van der Waals surface area contributed by atoms with Gasteiger partial charge in [0.2, 0.25) is 5.90 Å². The lowest BCUT2D eigenvalue weighted by Crippen LogP contribution is -2.21. The van der Waals surface area contributed by atoms with Crippen LogP contribution in [0.1, 0.15) is 32.8 Å². The van der Waals surface area contributed by atoms with Crippen molar-refractivity contribution < 1.29 is 18.1 Å². The highest BCUT2D eigenvalue weighted by Crippen LogP contribution is 2.20. The van der Waals surface area contributed by atoms with E-state index >= 15 is 0 Å². The number of hydrogen-bond acceptors (Lipinski definition) is 5. The number of hydrogen-bond donors (Lipinski definition) is 0. The summed E-state index contributed by atoms with van der Waals surface area (Å²) in [6.45, 7) is 5.42.